The molecule has 2 aromatic carbocycles. The van der Waals surface area contributed by atoms with Crippen molar-refractivity contribution in [3.8, 4) is 6.07 Å². The number of rotatable bonds is 11. The molecule has 0 aromatic heterocycles. The van der Waals surface area contributed by atoms with Crippen LogP contribution in [0.1, 0.15) is 106 Å². The fourth-order valence-electron chi connectivity index (χ4n) is 4.87. The van der Waals surface area contributed by atoms with Crippen LogP contribution in [-0.2, 0) is 12.2 Å². The summed E-state index contributed by atoms with van der Waals surface area (Å²) in [6.45, 7) is 4.47. The molecule has 2 heteroatoms. The highest BCUT2D eigenvalue weighted by molar-refractivity contribution is 7.98. The Morgan fingerprint density at radius 2 is 1.58 bits per heavy atom. The molecule has 0 spiro atoms. The first-order valence-electron chi connectivity index (χ1n) is 12.5. The number of hydrogen-bond donors (Lipinski definition) is 0. The third-order valence-corrected chi connectivity index (χ3v) is 8.13. The normalized spacial score (nSPS) is 18.6. The molecule has 0 N–H and O–H groups in total. The summed E-state index contributed by atoms with van der Waals surface area (Å²) in [5.41, 5.74) is 4.94. The van der Waals surface area contributed by atoms with Crippen LogP contribution < -0.4 is 0 Å². The zero-order valence-electron chi connectivity index (χ0n) is 19.5. The third-order valence-electron chi connectivity index (χ3n) is 6.98. The van der Waals surface area contributed by atoms with Gasteiger partial charge in [0.2, 0.25) is 0 Å². The first-order chi connectivity index (χ1) is 15.2. The van der Waals surface area contributed by atoms with Crippen molar-refractivity contribution in [2.75, 3.05) is 0 Å². The molecule has 31 heavy (non-hydrogen) atoms. The molecule has 3 rings (SSSR count). The van der Waals surface area contributed by atoms with Crippen molar-refractivity contribution >= 4 is 11.8 Å². The Balaban J connectivity index is 1.50. The minimum absolute atomic E-state index is 0.643. The Bertz CT molecular complexity index is 825. The lowest BCUT2D eigenvalue weighted by molar-refractivity contribution is 0.302. The van der Waals surface area contributed by atoms with Gasteiger partial charge in [-0.2, -0.15) is 5.26 Å². The van der Waals surface area contributed by atoms with E-state index in [4.69, 9.17) is 0 Å². The number of nitrogens with zero attached hydrogens (tertiary/aromatic N) is 1. The molecule has 1 aliphatic carbocycles. The minimum Gasteiger partial charge on any atom is -0.192 e. The van der Waals surface area contributed by atoms with E-state index in [1.165, 1.54) is 80.9 Å². The van der Waals surface area contributed by atoms with E-state index >= 15 is 0 Å². The zero-order valence-corrected chi connectivity index (χ0v) is 20.4. The maximum Gasteiger partial charge on any atom is 0.100 e. The maximum absolute atomic E-state index is 9.74. The highest BCUT2D eigenvalue weighted by Crippen LogP contribution is 2.39. The standard InChI is InChI=1S/C29H39NS/c1-3-5-6-7-8-9-24-14-16-26(17-15-24)27-18-19-29(28(20-27)21-30)31-22-25-12-10-23(4-2)11-13-25/h10-13,18-20,24,26H,3-9,14-17,22H2,1-2H3. The molecule has 0 heterocycles. The molecule has 166 valence electrons. The Morgan fingerprint density at radius 3 is 2.26 bits per heavy atom. The first kappa shape index (κ1) is 23.9. The number of aryl methyl sites for hydroxylation is 1. The minimum atomic E-state index is 0.643. The fourth-order valence-corrected chi connectivity index (χ4v) is 5.81. The van der Waals surface area contributed by atoms with Crippen LogP contribution >= 0.6 is 11.8 Å². The maximum atomic E-state index is 9.74. The van der Waals surface area contributed by atoms with Crippen LogP contribution in [0.3, 0.4) is 0 Å². The molecule has 0 amide bonds. The van der Waals surface area contributed by atoms with Gasteiger partial charge in [0.05, 0.1) is 5.56 Å². The van der Waals surface area contributed by atoms with Crippen LogP contribution in [0, 0.1) is 17.2 Å². The SMILES string of the molecule is CCCCCCCC1CCC(c2ccc(SCc3ccc(CC)cc3)c(C#N)c2)CC1. The van der Waals surface area contributed by atoms with Gasteiger partial charge < -0.3 is 0 Å². The van der Waals surface area contributed by atoms with E-state index in [-0.39, 0.29) is 0 Å². The zero-order chi connectivity index (χ0) is 21.9. The van der Waals surface area contributed by atoms with Crippen LogP contribution in [0.4, 0.5) is 0 Å². The number of hydrogen-bond acceptors (Lipinski definition) is 2. The molecule has 0 atom stereocenters. The van der Waals surface area contributed by atoms with Gasteiger partial charge >= 0.3 is 0 Å². The quantitative estimate of drug-likeness (QED) is 0.261. The summed E-state index contributed by atoms with van der Waals surface area (Å²) in [6.07, 6.45) is 14.8. The smallest absolute Gasteiger partial charge is 0.100 e. The van der Waals surface area contributed by atoms with Crippen molar-refractivity contribution in [1.82, 2.24) is 0 Å². The van der Waals surface area contributed by atoms with Crippen LogP contribution in [0.5, 0.6) is 0 Å². The number of thioether (sulfide) groups is 1. The van der Waals surface area contributed by atoms with Crippen molar-refractivity contribution in [2.45, 2.75) is 101 Å². The summed E-state index contributed by atoms with van der Waals surface area (Å²) in [7, 11) is 0. The van der Waals surface area contributed by atoms with Gasteiger partial charge in [0, 0.05) is 10.6 Å². The van der Waals surface area contributed by atoms with E-state index in [0.29, 0.717) is 5.92 Å². The van der Waals surface area contributed by atoms with Crippen LogP contribution in [-0.4, -0.2) is 0 Å². The number of nitriles is 1. The van der Waals surface area contributed by atoms with E-state index in [2.05, 4.69) is 62.4 Å². The van der Waals surface area contributed by atoms with Gasteiger partial charge in [0.15, 0.2) is 0 Å². The fraction of sp³-hybridized carbons (Fsp3) is 0.552. The highest BCUT2D eigenvalue weighted by atomic mass is 32.2. The molecule has 1 fully saturated rings. The van der Waals surface area contributed by atoms with Gasteiger partial charge in [-0.15, -0.1) is 11.8 Å². The lowest BCUT2D eigenvalue weighted by Gasteiger charge is -2.29. The van der Waals surface area contributed by atoms with Gasteiger partial charge in [-0.05, 0) is 72.8 Å². The molecule has 0 aliphatic heterocycles. The Hall–Kier alpha value is -1.72. The molecule has 0 saturated heterocycles. The Kier molecular flexibility index (Phi) is 10.0. The van der Waals surface area contributed by atoms with Crippen molar-refractivity contribution in [1.29, 1.82) is 5.26 Å². The largest absolute Gasteiger partial charge is 0.192 e. The van der Waals surface area contributed by atoms with Gasteiger partial charge in [-0.25, -0.2) is 0 Å². The van der Waals surface area contributed by atoms with E-state index in [0.717, 1.165) is 28.6 Å². The molecule has 1 nitrogen and oxygen atoms in total. The van der Waals surface area contributed by atoms with E-state index in [9.17, 15) is 5.26 Å². The predicted molar refractivity (Wildman–Crippen MR) is 135 cm³/mol. The van der Waals surface area contributed by atoms with Crippen molar-refractivity contribution in [3.05, 3.63) is 64.7 Å². The second-order valence-electron chi connectivity index (χ2n) is 9.25. The van der Waals surface area contributed by atoms with Gasteiger partial charge in [0.1, 0.15) is 6.07 Å². The van der Waals surface area contributed by atoms with Gasteiger partial charge in [-0.3, -0.25) is 0 Å². The lowest BCUT2D eigenvalue weighted by Crippen LogP contribution is -2.13. The molecule has 1 saturated carbocycles. The van der Waals surface area contributed by atoms with E-state index in [1.807, 2.05) is 0 Å². The molecule has 1 aliphatic rings. The second-order valence-corrected chi connectivity index (χ2v) is 10.3. The summed E-state index contributed by atoms with van der Waals surface area (Å²) in [5.74, 6) is 2.49. The van der Waals surface area contributed by atoms with Gasteiger partial charge in [0.25, 0.3) is 0 Å². The summed E-state index contributed by atoms with van der Waals surface area (Å²) in [4.78, 5) is 1.12. The number of unbranched alkanes of at least 4 members (excludes halogenated alkanes) is 4. The second kappa shape index (κ2) is 13.0. The molecule has 0 unspecified atom stereocenters. The molecule has 0 bridgehead atoms. The van der Waals surface area contributed by atoms with Crippen molar-refractivity contribution in [2.24, 2.45) is 5.92 Å². The molecular formula is C29H39NS. The average molecular weight is 434 g/mol. The monoisotopic (exact) mass is 433 g/mol. The van der Waals surface area contributed by atoms with Crippen molar-refractivity contribution in [3.63, 3.8) is 0 Å². The lowest BCUT2D eigenvalue weighted by atomic mass is 9.77. The summed E-state index contributed by atoms with van der Waals surface area (Å²) >= 11 is 1.79. The van der Waals surface area contributed by atoms with E-state index in [1.54, 1.807) is 11.8 Å². The van der Waals surface area contributed by atoms with Gasteiger partial charge in [-0.1, -0.05) is 82.7 Å². The third kappa shape index (κ3) is 7.43. The summed E-state index contributed by atoms with van der Waals surface area (Å²) in [6, 6.07) is 18.0. The molecular weight excluding hydrogens is 394 g/mol. The summed E-state index contributed by atoms with van der Waals surface area (Å²) < 4.78 is 0. The van der Waals surface area contributed by atoms with Crippen LogP contribution in [0.25, 0.3) is 0 Å². The first-order valence-corrected chi connectivity index (χ1v) is 13.5. The Labute approximate surface area is 194 Å². The highest BCUT2D eigenvalue weighted by Gasteiger charge is 2.22. The molecule has 2 aromatic rings. The average Bonchev–Trinajstić information content (AvgIpc) is 2.83. The van der Waals surface area contributed by atoms with Crippen LogP contribution in [0.2, 0.25) is 0 Å². The number of benzene rings is 2. The van der Waals surface area contributed by atoms with Crippen molar-refractivity contribution < 1.29 is 0 Å². The predicted octanol–water partition coefficient (Wildman–Crippen LogP) is 9.05. The summed E-state index contributed by atoms with van der Waals surface area (Å²) in [5, 5.41) is 9.74. The van der Waals surface area contributed by atoms with Crippen LogP contribution in [0.15, 0.2) is 47.4 Å². The van der Waals surface area contributed by atoms with E-state index < -0.39 is 0 Å². The Morgan fingerprint density at radius 1 is 0.871 bits per heavy atom. The topological polar surface area (TPSA) is 23.8 Å². The molecule has 0 radical (unpaired) electrons.